The Morgan fingerprint density at radius 2 is 1.84 bits per heavy atom. The van der Waals surface area contributed by atoms with Gasteiger partial charge in [0.15, 0.2) is 0 Å². The highest BCUT2D eigenvalue weighted by Crippen LogP contribution is 2.33. The molecule has 0 bridgehead atoms. The molecule has 0 aliphatic carbocycles. The number of carbonyl (C=O) groups is 3. The summed E-state index contributed by atoms with van der Waals surface area (Å²) in [5, 5.41) is 28.1. The van der Waals surface area contributed by atoms with Gasteiger partial charge in [-0.15, -0.1) is 4.73 Å². The average molecular weight is 455 g/mol. The second kappa shape index (κ2) is 11.2. The van der Waals surface area contributed by atoms with Crippen LogP contribution < -0.4 is 20.8 Å². The Kier molecular flexibility index (Phi) is 8.33. The van der Waals surface area contributed by atoms with Gasteiger partial charge in [0, 0.05) is 42.5 Å². The Bertz CT molecular complexity index is 766. The number of unbranched alkanes of at least 4 members (excludes halogenated alkanes) is 3. The van der Waals surface area contributed by atoms with Gasteiger partial charge in [0.2, 0.25) is 17.7 Å². The fourth-order valence-electron chi connectivity index (χ4n) is 3.80. The van der Waals surface area contributed by atoms with E-state index in [4.69, 9.17) is 4.84 Å². The third-order valence-corrected chi connectivity index (χ3v) is 6.96. The molecule has 0 radical (unpaired) electrons. The Labute approximate surface area is 185 Å². The molecule has 2 aliphatic heterocycles. The van der Waals surface area contributed by atoms with Gasteiger partial charge in [-0.05, 0) is 25.7 Å². The lowest BCUT2D eigenvalue weighted by Crippen LogP contribution is -2.36. The predicted molar refractivity (Wildman–Crippen MR) is 115 cm³/mol. The molecule has 3 amide bonds. The normalized spacial score (nSPS) is 21.9. The number of hydrogen-bond donors (Lipinski definition) is 5. The SMILES string of the molecule is O=C(CCCCC1SC[C@@H]2NC(=O)N[C@H]12)NCCCCCC(=O)On1c(O)ccc1O. The van der Waals surface area contributed by atoms with Crippen molar-refractivity contribution in [3.63, 3.8) is 0 Å². The molecule has 2 fully saturated rings. The van der Waals surface area contributed by atoms with Crippen molar-refractivity contribution in [2.75, 3.05) is 12.3 Å². The summed E-state index contributed by atoms with van der Waals surface area (Å²) in [7, 11) is 0. The molecule has 11 heteroatoms. The third-order valence-electron chi connectivity index (χ3n) is 5.45. The number of rotatable bonds is 12. The fourth-order valence-corrected chi connectivity index (χ4v) is 5.35. The summed E-state index contributed by atoms with van der Waals surface area (Å²) in [6.07, 6.45) is 5.52. The van der Waals surface area contributed by atoms with Crippen LogP contribution in [0.15, 0.2) is 12.1 Å². The molecule has 2 saturated heterocycles. The minimum atomic E-state index is -0.550. The molecule has 1 aromatic rings. The molecule has 5 N–H and O–H groups in total. The number of thioether (sulfide) groups is 1. The van der Waals surface area contributed by atoms with Crippen molar-refractivity contribution in [1.82, 2.24) is 20.7 Å². The quantitative estimate of drug-likeness (QED) is 0.236. The highest BCUT2D eigenvalue weighted by molar-refractivity contribution is 8.00. The number of fused-ring (bicyclic) bond motifs is 1. The van der Waals surface area contributed by atoms with Crippen LogP contribution in [0.4, 0.5) is 4.79 Å². The Hall–Kier alpha value is -2.56. The van der Waals surface area contributed by atoms with Crippen molar-refractivity contribution in [3.8, 4) is 11.8 Å². The van der Waals surface area contributed by atoms with Crippen LogP contribution in [-0.4, -0.2) is 62.5 Å². The largest absolute Gasteiger partial charge is 0.492 e. The average Bonchev–Trinajstić information content (AvgIpc) is 3.38. The molecule has 1 unspecified atom stereocenters. The van der Waals surface area contributed by atoms with E-state index in [1.807, 2.05) is 11.8 Å². The minimum Gasteiger partial charge on any atom is -0.492 e. The highest BCUT2D eigenvalue weighted by Gasteiger charge is 2.42. The zero-order chi connectivity index (χ0) is 22.2. The van der Waals surface area contributed by atoms with Crippen molar-refractivity contribution >= 4 is 29.7 Å². The third kappa shape index (κ3) is 6.71. The monoisotopic (exact) mass is 454 g/mol. The Balaban J connectivity index is 1.16. The lowest BCUT2D eigenvalue weighted by atomic mass is 10.0. The first kappa shape index (κ1) is 23.1. The molecule has 0 aromatic carbocycles. The van der Waals surface area contributed by atoms with E-state index in [-0.39, 0.29) is 42.2 Å². The molecule has 172 valence electrons. The zero-order valence-corrected chi connectivity index (χ0v) is 18.2. The number of hydrogen-bond acceptors (Lipinski definition) is 7. The number of amides is 3. The molecule has 10 nitrogen and oxygen atoms in total. The van der Waals surface area contributed by atoms with Crippen molar-refractivity contribution in [2.45, 2.75) is 68.7 Å². The number of urea groups is 1. The van der Waals surface area contributed by atoms with Crippen LogP contribution in [0.3, 0.4) is 0 Å². The van der Waals surface area contributed by atoms with Crippen molar-refractivity contribution in [3.05, 3.63) is 12.1 Å². The van der Waals surface area contributed by atoms with Gasteiger partial charge >= 0.3 is 12.0 Å². The molecular weight excluding hydrogens is 424 g/mol. The van der Waals surface area contributed by atoms with Crippen LogP contribution in [0.1, 0.15) is 51.4 Å². The molecule has 0 spiro atoms. The van der Waals surface area contributed by atoms with Gasteiger partial charge in [-0.1, -0.05) is 12.8 Å². The summed E-state index contributed by atoms with van der Waals surface area (Å²) >= 11 is 1.88. The van der Waals surface area contributed by atoms with E-state index in [0.29, 0.717) is 29.4 Å². The zero-order valence-electron chi connectivity index (χ0n) is 17.3. The van der Waals surface area contributed by atoms with E-state index in [1.54, 1.807) is 0 Å². The Morgan fingerprint density at radius 3 is 2.61 bits per heavy atom. The molecule has 3 heterocycles. The minimum absolute atomic E-state index is 0.0331. The topological polar surface area (TPSA) is 142 Å². The van der Waals surface area contributed by atoms with E-state index < -0.39 is 5.97 Å². The molecule has 3 rings (SSSR count). The van der Waals surface area contributed by atoms with E-state index in [9.17, 15) is 24.6 Å². The second-order valence-electron chi connectivity index (χ2n) is 7.84. The van der Waals surface area contributed by atoms with E-state index in [1.165, 1.54) is 12.1 Å². The van der Waals surface area contributed by atoms with Crippen LogP contribution in [0.25, 0.3) is 0 Å². The van der Waals surface area contributed by atoms with Gasteiger partial charge in [-0.2, -0.15) is 11.8 Å². The Morgan fingerprint density at radius 1 is 1.10 bits per heavy atom. The maximum Gasteiger partial charge on any atom is 0.333 e. The first-order chi connectivity index (χ1) is 14.9. The fraction of sp³-hybridized carbons (Fsp3) is 0.650. The van der Waals surface area contributed by atoms with Gasteiger partial charge in [0.25, 0.3) is 0 Å². The highest BCUT2D eigenvalue weighted by atomic mass is 32.2. The van der Waals surface area contributed by atoms with Crippen LogP contribution in [0, 0.1) is 0 Å². The van der Waals surface area contributed by atoms with Gasteiger partial charge in [-0.25, -0.2) is 9.59 Å². The summed E-state index contributed by atoms with van der Waals surface area (Å²) in [5.74, 6) is -0.260. The standard InChI is InChI=1S/C20H30N4O6S/c25-15(7-4-3-6-14-19-13(12-31-14)22-20(29)23-19)21-11-5-1-2-8-18(28)30-24-16(26)9-10-17(24)27/h9-10,13-14,19,26-27H,1-8,11-12H2,(H,21,25)(H2,22,23,29)/t13-,14?,19-/m0/s1. The molecule has 3 atom stereocenters. The molecule has 31 heavy (non-hydrogen) atoms. The lowest BCUT2D eigenvalue weighted by Gasteiger charge is -2.16. The first-order valence-electron chi connectivity index (χ1n) is 10.7. The molecule has 2 aliphatic rings. The summed E-state index contributed by atoms with van der Waals surface area (Å²) in [6, 6.07) is 2.82. The van der Waals surface area contributed by atoms with Gasteiger partial charge < -0.3 is 31.0 Å². The number of aromatic nitrogens is 1. The van der Waals surface area contributed by atoms with Crippen LogP contribution in [0.2, 0.25) is 0 Å². The van der Waals surface area contributed by atoms with Crippen molar-refractivity contribution in [2.24, 2.45) is 0 Å². The number of nitrogens with zero attached hydrogens (tertiary/aromatic N) is 1. The number of carbonyl (C=O) groups excluding carboxylic acids is 3. The van der Waals surface area contributed by atoms with Crippen LogP contribution in [0.5, 0.6) is 11.8 Å². The van der Waals surface area contributed by atoms with Crippen molar-refractivity contribution < 1.29 is 29.4 Å². The van der Waals surface area contributed by atoms with E-state index >= 15 is 0 Å². The van der Waals surface area contributed by atoms with E-state index in [2.05, 4.69) is 16.0 Å². The van der Waals surface area contributed by atoms with E-state index in [0.717, 1.165) is 37.9 Å². The van der Waals surface area contributed by atoms with Gasteiger partial charge in [-0.3, -0.25) is 4.79 Å². The first-order valence-corrected chi connectivity index (χ1v) is 11.7. The number of aromatic hydroxyl groups is 2. The molecule has 1 aromatic heterocycles. The lowest BCUT2D eigenvalue weighted by molar-refractivity contribution is -0.145. The number of nitrogens with one attached hydrogen (secondary N) is 3. The van der Waals surface area contributed by atoms with Gasteiger partial charge in [0.1, 0.15) is 0 Å². The van der Waals surface area contributed by atoms with Crippen LogP contribution >= 0.6 is 11.8 Å². The summed E-state index contributed by atoms with van der Waals surface area (Å²) < 4.78 is 0.674. The predicted octanol–water partition coefficient (Wildman–Crippen LogP) is 1.26. The maximum absolute atomic E-state index is 11.9. The summed E-state index contributed by atoms with van der Waals surface area (Å²) in [4.78, 5) is 39.9. The van der Waals surface area contributed by atoms with Gasteiger partial charge in [0.05, 0.1) is 12.1 Å². The van der Waals surface area contributed by atoms with Crippen LogP contribution in [-0.2, 0) is 9.59 Å². The summed E-state index contributed by atoms with van der Waals surface area (Å²) in [5.41, 5.74) is 0. The molecular formula is C20H30N4O6S. The summed E-state index contributed by atoms with van der Waals surface area (Å²) in [6.45, 7) is 0.562. The maximum atomic E-state index is 11.9. The smallest absolute Gasteiger partial charge is 0.333 e. The second-order valence-corrected chi connectivity index (χ2v) is 9.11. The van der Waals surface area contributed by atoms with Crippen molar-refractivity contribution in [1.29, 1.82) is 0 Å². The molecule has 0 saturated carbocycles.